The van der Waals surface area contributed by atoms with Gasteiger partial charge in [0.1, 0.15) is 11.5 Å². The molecule has 0 aliphatic carbocycles. The summed E-state index contributed by atoms with van der Waals surface area (Å²) in [5.41, 5.74) is 0.792. The topological polar surface area (TPSA) is 63.9 Å². The highest BCUT2D eigenvalue weighted by Gasteiger charge is 2.17. The van der Waals surface area contributed by atoms with Crippen molar-refractivity contribution in [1.29, 1.82) is 0 Å². The van der Waals surface area contributed by atoms with Crippen LogP contribution in [0.3, 0.4) is 0 Å². The minimum Gasteiger partial charge on any atom is -0.507 e. The van der Waals surface area contributed by atoms with Crippen LogP contribution in [-0.2, 0) is 13.0 Å². The Labute approximate surface area is 117 Å². The molecular weight excluding hydrogens is 258 g/mol. The summed E-state index contributed by atoms with van der Waals surface area (Å²) in [4.78, 5) is 0. The lowest BCUT2D eigenvalue weighted by atomic mass is 10.1. The summed E-state index contributed by atoms with van der Waals surface area (Å²) >= 11 is 0. The van der Waals surface area contributed by atoms with Crippen molar-refractivity contribution in [3.8, 4) is 17.2 Å². The summed E-state index contributed by atoms with van der Waals surface area (Å²) in [5.74, 6) is 2.43. The van der Waals surface area contributed by atoms with Crippen LogP contribution in [-0.4, -0.2) is 17.9 Å². The van der Waals surface area contributed by atoms with E-state index in [9.17, 15) is 5.11 Å². The molecular formula is C15H17NO4. The summed E-state index contributed by atoms with van der Waals surface area (Å²) < 4.78 is 15.8. The van der Waals surface area contributed by atoms with Crippen LogP contribution < -0.4 is 14.8 Å². The number of hydrogen-bond donors (Lipinski definition) is 2. The lowest BCUT2D eigenvalue weighted by Crippen LogP contribution is -2.27. The van der Waals surface area contributed by atoms with Crippen molar-refractivity contribution in [3.63, 3.8) is 0 Å². The number of nitrogens with one attached hydrogen (secondary N) is 1. The summed E-state index contributed by atoms with van der Waals surface area (Å²) in [6, 6.07) is 7.48. The minimum absolute atomic E-state index is 0.209. The van der Waals surface area contributed by atoms with Gasteiger partial charge in [-0.25, -0.2) is 0 Å². The average molecular weight is 275 g/mol. The molecule has 106 valence electrons. The number of aromatic hydroxyl groups is 1. The third-order valence-electron chi connectivity index (χ3n) is 3.30. The maximum atomic E-state index is 9.95. The molecule has 0 fully saturated rings. The van der Waals surface area contributed by atoms with Crippen LogP contribution in [0.2, 0.25) is 0 Å². The highest BCUT2D eigenvalue weighted by atomic mass is 16.7. The van der Waals surface area contributed by atoms with E-state index in [1.165, 1.54) is 0 Å². The molecule has 2 N–H and O–H groups in total. The van der Waals surface area contributed by atoms with Gasteiger partial charge in [-0.3, -0.25) is 0 Å². The number of benzene rings is 1. The lowest BCUT2D eigenvalue weighted by Gasteiger charge is -2.13. The molecule has 5 heteroatoms. The van der Waals surface area contributed by atoms with Gasteiger partial charge in [-0.1, -0.05) is 0 Å². The van der Waals surface area contributed by atoms with Gasteiger partial charge in [0.05, 0.1) is 6.26 Å². The number of phenols is 1. The summed E-state index contributed by atoms with van der Waals surface area (Å²) in [5, 5.41) is 13.3. The minimum atomic E-state index is 0.209. The average Bonchev–Trinajstić information content (AvgIpc) is 3.06. The van der Waals surface area contributed by atoms with Gasteiger partial charge in [0, 0.05) is 30.6 Å². The SMILES string of the molecule is CC(Cc1ccco1)NCc1cc2c(cc1O)OCO2. The summed E-state index contributed by atoms with van der Waals surface area (Å²) in [6.45, 7) is 2.84. The first-order valence-electron chi connectivity index (χ1n) is 6.59. The monoisotopic (exact) mass is 275 g/mol. The summed E-state index contributed by atoms with van der Waals surface area (Å²) in [7, 11) is 0. The Hall–Kier alpha value is -2.14. The van der Waals surface area contributed by atoms with E-state index in [1.54, 1.807) is 12.3 Å². The molecule has 0 spiro atoms. The molecule has 0 saturated heterocycles. The quantitative estimate of drug-likeness (QED) is 0.877. The molecule has 1 atom stereocenters. The van der Waals surface area contributed by atoms with E-state index in [2.05, 4.69) is 12.2 Å². The Kier molecular flexibility index (Phi) is 3.52. The standard InChI is InChI=1S/C15H17NO4/c1-10(5-12-3-2-4-18-12)16-8-11-6-14-15(7-13(11)17)20-9-19-14/h2-4,6-7,10,16-17H,5,8-9H2,1H3. The van der Waals surface area contributed by atoms with Crippen molar-refractivity contribution in [2.45, 2.75) is 25.9 Å². The van der Waals surface area contributed by atoms with Crippen molar-refractivity contribution in [2.75, 3.05) is 6.79 Å². The maximum Gasteiger partial charge on any atom is 0.231 e. The fourth-order valence-electron chi connectivity index (χ4n) is 2.20. The number of furan rings is 1. The Bertz CT molecular complexity index is 580. The first-order chi connectivity index (χ1) is 9.72. The number of hydrogen-bond acceptors (Lipinski definition) is 5. The van der Waals surface area contributed by atoms with Crippen LogP contribution >= 0.6 is 0 Å². The predicted molar refractivity (Wildman–Crippen MR) is 72.9 cm³/mol. The molecule has 1 aliphatic rings. The fraction of sp³-hybridized carbons (Fsp3) is 0.333. The second kappa shape index (κ2) is 5.46. The molecule has 1 aromatic carbocycles. The van der Waals surface area contributed by atoms with Gasteiger partial charge in [-0.05, 0) is 25.1 Å². The Balaban J connectivity index is 1.60. The number of phenolic OH excluding ortho intramolecular Hbond substituents is 1. The third kappa shape index (κ3) is 2.72. The molecule has 20 heavy (non-hydrogen) atoms. The van der Waals surface area contributed by atoms with E-state index in [0.29, 0.717) is 18.0 Å². The predicted octanol–water partition coefficient (Wildman–Crippen LogP) is 2.43. The van der Waals surface area contributed by atoms with E-state index in [-0.39, 0.29) is 18.6 Å². The molecule has 3 rings (SSSR count). The van der Waals surface area contributed by atoms with Gasteiger partial charge in [0.2, 0.25) is 6.79 Å². The van der Waals surface area contributed by atoms with Crippen molar-refractivity contribution in [3.05, 3.63) is 41.9 Å². The zero-order valence-corrected chi connectivity index (χ0v) is 11.3. The van der Waals surface area contributed by atoms with Crippen LogP contribution in [0.5, 0.6) is 17.2 Å². The highest BCUT2D eigenvalue weighted by Crippen LogP contribution is 2.37. The van der Waals surface area contributed by atoms with E-state index in [0.717, 1.165) is 17.7 Å². The molecule has 0 amide bonds. The van der Waals surface area contributed by atoms with Crippen molar-refractivity contribution in [2.24, 2.45) is 0 Å². The first-order valence-corrected chi connectivity index (χ1v) is 6.59. The number of ether oxygens (including phenoxy) is 2. The van der Waals surface area contributed by atoms with Gasteiger partial charge in [-0.2, -0.15) is 0 Å². The molecule has 1 aromatic heterocycles. The van der Waals surface area contributed by atoms with Crippen LogP contribution in [0.4, 0.5) is 0 Å². The number of rotatable bonds is 5. The second-order valence-electron chi connectivity index (χ2n) is 4.90. The normalized spacial score (nSPS) is 14.4. The van der Waals surface area contributed by atoms with Gasteiger partial charge in [0.15, 0.2) is 11.5 Å². The third-order valence-corrected chi connectivity index (χ3v) is 3.30. The molecule has 0 saturated carbocycles. The van der Waals surface area contributed by atoms with E-state index >= 15 is 0 Å². The van der Waals surface area contributed by atoms with Gasteiger partial charge in [0.25, 0.3) is 0 Å². The number of fused-ring (bicyclic) bond motifs is 1. The molecule has 1 unspecified atom stereocenters. The van der Waals surface area contributed by atoms with Gasteiger partial charge < -0.3 is 24.3 Å². The van der Waals surface area contributed by atoms with Crippen molar-refractivity contribution < 1.29 is 19.0 Å². The van der Waals surface area contributed by atoms with Crippen LogP contribution in [0.15, 0.2) is 34.9 Å². The van der Waals surface area contributed by atoms with Crippen LogP contribution in [0, 0.1) is 0 Å². The zero-order chi connectivity index (χ0) is 13.9. The molecule has 1 aliphatic heterocycles. The van der Waals surface area contributed by atoms with E-state index in [4.69, 9.17) is 13.9 Å². The molecule has 2 heterocycles. The van der Waals surface area contributed by atoms with Crippen LogP contribution in [0.1, 0.15) is 18.2 Å². The molecule has 0 radical (unpaired) electrons. The largest absolute Gasteiger partial charge is 0.507 e. The maximum absolute atomic E-state index is 9.95. The second-order valence-corrected chi connectivity index (χ2v) is 4.90. The van der Waals surface area contributed by atoms with E-state index < -0.39 is 0 Å². The Morgan fingerprint density at radius 1 is 1.30 bits per heavy atom. The van der Waals surface area contributed by atoms with Crippen molar-refractivity contribution >= 4 is 0 Å². The Morgan fingerprint density at radius 2 is 2.10 bits per heavy atom. The summed E-state index contributed by atoms with van der Waals surface area (Å²) in [6.07, 6.45) is 2.48. The molecule has 2 aromatic rings. The highest BCUT2D eigenvalue weighted by molar-refractivity contribution is 5.51. The van der Waals surface area contributed by atoms with Crippen molar-refractivity contribution in [1.82, 2.24) is 5.32 Å². The van der Waals surface area contributed by atoms with E-state index in [1.807, 2.05) is 18.2 Å². The zero-order valence-electron chi connectivity index (χ0n) is 11.3. The molecule has 5 nitrogen and oxygen atoms in total. The van der Waals surface area contributed by atoms with Crippen LogP contribution in [0.25, 0.3) is 0 Å². The molecule has 0 bridgehead atoms. The van der Waals surface area contributed by atoms with Gasteiger partial charge in [-0.15, -0.1) is 0 Å². The first kappa shape index (κ1) is 12.9. The smallest absolute Gasteiger partial charge is 0.231 e. The Morgan fingerprint density at radius 3 is 2.85 bits per heavy atom. The van der Waals surface area contributed by atoms with Gasteiger partial charge >= 0.3 is 0 Å². The fourth-order valence-corrected chi connectivity index (χ4v) is 2.20. The lowest BCUT2D eigenvalue weighted by molar-refractivity contribution is 0.174.